The van der Waals surface area contributed by atoms with E-state index in [9.17, 15) is 0 Å². The number of aliphatic hydroxyl groups excluding tert-OH is 1. The van der Waals surface area contributed by atoms with E-state index in [-0.39, 0.29) is 24.0 Å². The minimum Gasteiger partial charge on any atom is -0.469 e. The van der Waals surface area contributed by atoms with Crippen LogP contribution in [0, 0.1) is 5.92 Å². The molecule has 2 unspecified atom stereocenters. The number of rotatable bonds is 10. The Bertz CT molecular complexity index is 479. The van der Waals surface area contributed by atoms with Gasteiger partial charge in [-0.2, -0.15) is 0 Å². The molecule has 0 aromatic carbocycles. The molecule has 1 aliphatic rings. The number of unbranched alkanes of at least 4 members (excludes halogenated alkanes) is 3. The fraction of sp³-hybridized carbons (Fsp3) is 0.750. The minimum atomic E-state index is 0. The summed E-state index contributed by atoms with van der Waals surface area (Å²) < 4.78 is 5.40. The van der Waals surface area contributed by atoms with Crippen molar-refractivity contribution in [2.45, 2.75) is 70.8 Å². The van der Waals surface area contributed by atoms with Gasteiger partial charge in [0.2, 0.25) is 0 Å². The van der Waals surface area contributed by atoms with Crippen molar-refractivity contribution >= 4 is 29.9 Å². The second-order valence-electron chi connectivity index (χ2n) is 7.14. The Kier molecular flexibility index (Phi) is 12.8. The third-order valence-electron chi connectivity index (χ3n) is 5.01. The van der Waals surface area contributed by atoms with Gasteiger partial charge in [-0.05, 0) is 43.7 Å². The summed E-state index contributed by atoms with van der Waals surface area (Å²) in [5.41, 5.74) is 0. The van der Waals surface area contributed by atoms with Crippen LogP contribution in [0.5, 0.6) is 0 Å². The molecule has 2 rings (SSSR count). The van der Waals surface area contributed by atoms with Crippen molar-refractivity contribution < 1.29 is 9.52 Å². The van der Waals surface area contributed by atoms with E-state index in [1.54, 1.807) is 6.26 Å². The SMILES string of the molecule is CC1CCCCC1NC(=NCCCCCCO)NCCc1ccco1.I. The summed E-state index contributed by atoms with van der Waals surface area (Å²) in [6, 6.07) is 4.47. The molecule has 0 amide bonds. The maximum atomic E-state index is 8.84. The molecule has 1 fully saturated rings. The summed E-state index contributed by atoms with van der Waals surface area (Å²) in [4.78, 5) is 4.77. The van der Waals surface area contributed by atoms with Crippen molar-refractivity contribution in [1.82, 2.24) is 10.6 Å². The summed E-state index contributed by atoms with van der Waals surface area (Å²) in [5.74, 6) is 2.64. The first-order chi connectivity index (χ1) is 12.3. The highest BCUT2D eigenvalue weighted by Crippen LogP contribution is 2.23. The number of nitrogens with zero attached hydrogens (tertiary/aromatic N) is 1. The number of aliphatic imine (C=N–C) groups is 1. The van der Waals surface area contributed by atoms with Crippen LogP contribution in [0.1, 0.15) is 64.1 Å². The van der Waals surface area contributed by atoms with Crippen molar-refractivity contribution in [3.63, 3.8) is 0 Å². The van der Waals surface area contributed by atoms with E-state index in [0.717, 1.165) is 56.9 Å². The second-order valence-corrected chi connectivity index (χ2v) is 7.14. The Balaban J connectivity index is 0.00000338. The van der Waals surface area contributed by atoms with Gasteiger partial charge in [0, 0.05) is 32.2 Å². The van der Waals surface area contributed by atoms with Crippen LogP contribution in [0.25, 0.3) is 0 Å². The number of hydrogen-bond donors (Lipinski definition) is 3. The predicted octanol–water partition coefficient (Wildman–Crippen LogP) is 4.11. The van der Waals surface area contributed by atoms with Crippen molar-refractivity contribution in [2.24, 2.45) is 10.9 Å². The Hall–Kier alpha value is -0.760. The number of furan rings is 1. The van der Waals surface area contributed by atoms with Crippen LogP contribution in [0.2, 0.25) is 0 Å². The van der Waals surface area contributed by atoms with Crippen LogP contribution >= 0.6 is 24.0 Å². The zero-order valence-corrected chi connectivity index (χ0v) is 18.4. The average Bonchev–Trinajstić information content (AvgIpc) is 3.13. The molecule has 1 saturated carbocycles. The topological polar surface area (TPSA) is 69.8 Å². The smallest absolute Gasteiger partial charge is 0.191 e. The zero-order valence-electron chi connectivity index (χ0n) is 16.1. The van der Waals surface area contributed by atoms with Gasteiger partial charge in [-0.15, -0.1) is 24.0 Å². The lowest BCUT2D eigenvalue weighted by Gasteiger charge is -2.31. The molecule has 2 atom stereocenters. The maximum Gasteiger partial charge on any atom is 0.191 e. The van der Waals surface area contributed by atoms with Gasteiger partial charge in [0.05, 0.1) is 6.26 Å². The molecule has 26 heavy (non-hydrogen) atoms. The number of guanidine groups is 1. The lowest BCUT2D eigenvalue weighted by molar-refractivity contribution is 0.282. The van der Waals surface area contributed by atoms with Crippen molar-refractivity contribution in [3.05, 3.63) is 24.2 Å². The fourth-order valence-electron chi connectivity index (χ4n) is 3.39. The fourth-order valence-corrected chi connectivity index (χ4v) is 3.39. The first-order valence-electron chi connectivity index (χ1n) is 9.97. The Morgan fingerprint density at radius 3 is 2.77 bits per heavy atom. The Morgan fingerprint density at radius 2 is 2.04 bits per heavy atom. The van der Waals surface area contributed by atoms with Gasteiger partial charge >= 0.3 is 0 Å². The quantitative estimate of drug-likeness (QED) is 0.205. The summed E-state index contributed by atoms with van der Waals surface area (Å²) in [6.45, 7) is 4.30. The molecule has 5 nitrogen and oxygen atoms in total. The van der Waals surface area contributed by atoms with Gasteiger partial charge in [0.1, 0.15) is 5.76 Å². The molecular formula is C20H36IN3O2. The molecule has 1 aliphatic carbocycles. The first-order valence-corrected chi connectivity index (χ1v) is 9.97. The van der Waals surface area contributed by atoms with Crippen molar-refractivity contribution in [1.29, 1.82) is 0 Å². The zero-order chi connectivity index (χ0) is 17.7. The van der Waals surface area contributed by atoms with Crippen molar-refractivity contribution in [3.8, 4) is 0 Å². The second kappa shape index (κ2) is 14.3. The Morgan fingerprint density at radius 1 is 1.23 bits per heavy atom. The molecule has 0 aliphatic heterocycles. The number of aliphatic hydroxyl groups is 1. The molecule has 3 N–H and O–H groups in total. The predicted molar refractivity (Wildman–Crippen MR) is 118 cm³/mol. The van der Waals surface area contributed by atoms with E-state index in [1.807, 2.05) is 12.1 Å². The number of nitrogens with one attached hydrogen (secondary N) is 2. The molecule has 0 spiro atoms. The van der Waals surface area contributed by atoms with E-state index in [0.29, 0.717) is 18.6 Å². The van der Waals surface area contributed by atoms with E-state index in [4.69, 9.17) is 14.5 Å². The van der Waals surface area contributed by atoms with Gasteiger partial charge in [-0.25, -0.2) is 0 Å². The highest BCUT2D eigenvalue weighted by atomic mass is 127. The van der Waals surface area contributed by atoms with Crippen LogP contribution in [0.15, 0.2) is 27.8 Å². The minimum absolute atomic E-state index is 0. The first kappa shape index (κ1) is 23.3. The van der Waals surface area contributed by atoms with Gasteiger partial charge < -0.3 is 20.2 Å². The van der Waals surface area contributed by atoms with Gasteiger partial charge in [-0.3, -0.25) is 4.99 Å². The van der Waals surface area contributed by atoms with Gasteiger partial charge in [0.25, 0.3) is 0 Å². The van der Waals surface area contributed by atoms with E-state index in [1.165, 1.54) is 25.7 Å². The number of halogens is 1. The summed E-state index contributed by atoms with van der Waals surface area (Å²) >= 11 is 0. The summed E-state index contributed by atoms with van der Waals surface area (Å²) in [5, 5.41) is 16.0. The van der Waals surface area contributed by atoms with E-state index in [2.05, 4.69) is 17.6 Å². The molecule has 150 valence electrons. The summed E-state index contributed by atoms with van der Waals surface area (Å²) in [6.07, 6.45) is 12.0. The van der Waals surface area contributed by atoms with E-state index >= 15 is 0 Å². The molecule has 1 heterocycles. The molecule has 0 bridgehead atoms. The molecule has 1 aromatic rings. The molecule has 0 saturated heterocycles. The largest absolute Gasteiger partial charge is 0.469 e. The highest BCUT2D eigenvalue weighted by molar-refractivity contribution is 14.0. The lowest BCUT2D eigenvalue weighted by atomic mass is 9.86. The van der Waals surface area contributed by atoms with E-state index < -0.39 is 0 Å². The molecule has 0 radical (unpaired) electrons. The highest BCUT2D eigenvalue weighted by Gasteiger charge is 2.21. The normalized spacial score (nSPS) is 20.5. The van der Waals surface area contributed by atoms with Crippen LogP contribution in [0.4, 0.5) is 0 Å². The van der Waals surface area contributed by atoms with Crippen LogP contribution in [-0.4, -0.2) is 36.8 Å². The van der Waals surface area contributed by atoms with Crippen LogP contribution in [-0.2, 0) is 6.42 Å². The van der Waals surface area contributed by atoms with Crippen LogP contribution in [0.3, 0.4) is 0 Å². The van der Waals surface area contributed by atoms with Crippen molar-refractivity contribution in [2.75, 3.05) is 19.7 Å². The number of hydrogen-bond acceptors (Lipinski definition) is 3. The standard InChI is InChI=1S/C20H35N3O2.HI/c1-17-9-4-5-11-19(17)23-20(21-13-6-2-3-7-15-24)22-14-12-18-10-8-16-25-18;/h8,10,16-17,19,24H,2-7,9,11-15H2,1H3,(H2,21,22,23);1H. The van der Waals surface area contributed by atoms with Gasteiger partial charge in [0.15, 0.2) is 5.96 Å². The third kappa shape index (κ3) is 9.26. The summed E-state index contributed by atoms with van der Waals surface area (Å²) in [7, 11) is 0. The molecule has 1 aromatic heterocycles. The maximum absolute atomic E-state index is 8.84. The molecule has 6 heteroatoms. The monoisotopic (exact) mass is 477 g/mol. The van der Waals surface area contributed by atoms with Gasteiger partial charge in [-0.1, -0.05) is 32.6 Å². The lowest BCUT2D eigenvalue weighted by Crippen LogP contribution is -2.47. The third-order valence-corrected chi connectivity index (χ3v) is 5.01. The van der Waals surface area contributed by atoms with Crippen LogP contribution < -0.4 is 10.6 Å². The Labute approximate surface area is 175 Å². The average molecular weight is 477 g/mol. The molecular weight excluding hydrogens is 441 g/mol.